The molecular weight excluding hydrogens is 344 g/mol. The van der Waals surface area contributed by atoms with Gasteiger partial charge in [0.15, 0.2) is 0 Å². The first-order valence-electron chi connectivity index (χ1n) is 8.84. The van der Waals surface area contributed by atoms with Gasteiger partial charge < -0.3 is 9.47 Å². The van der Waals surface area contributed by atoms with Crippen LogP contribution in [0, 0.1) is 0 Å². The Balaban J connectivity index is 2.02. The highest BCUT2D eigenvalue weighted by molar-refractivity contribution is 6.37. The second kappa shape index (κ2) is 9.92. The molecule has 0 fully saturated rings. The largest absolute Gasteiger partial charge is 0.462 e. The van der Waals surface area contributed by atoms with Gasteiger partial charge >= 0.3 is 11.9 Å². The number of hydrogen-bond donors (Lipinski definition) is 0. The first-order valence-corrected chi connectivity index (χ1v) is 9.34. The Morgan fingerprint density at radius 2 is 1.69 bits per heavy atom. The van der Waals surface area contributed by atoms with E-state index in [1.165, 1.54) is 0 Å². The first kappa shape index (κ1) is 19.9. The minimum Gasteiger partial charge on any atom is -0.462 e. The quantitative estimate of drug-likeness (QED) is 0.229. The summed E-state index contributed by atoms with van der Waals surface area (Å²) < 4.78 is 10.7. The molecule has 0 amide bonds. The molecule has 0 aliphatic heterocycles. The van der Waals surface area contributed by atoms with Crippen LogP contribution in [0.3, 0.4) is 0 Å². The van der Waals surface area contributed by atoms with Gasteiger partial charge in [-0.2, -0.15) is 0 Å². The van der Waals surface area contributed by atoms with Gasteiger partial charge in [0.05, 0.1) is 16.8 Å². The van der Waals surface area contributed by atoms with Gasteiger partial charge in [0.25, 0.3) is 0 Å². The number of hydrogen-bond acceptors (Lipinski definition) is 4. The Hall–Kier alpha value is -2.40. The summed E-state index contributed by atoms with van der Waals surface area (Å²) in [5.41, 5.74) is 0.197. The molecule has 0 aromatic heterocycles. The van der Waals surface area contributed by atoms with Crippen molar-refractivity contribution in [3.05, 3.63) is 53.2 Å². The Morgan fingerprint density at radius 3 is 2.46 bits per heavy atom. The molecule has 0 saturated heterocycles. The Bertz CT molecular complexity index is 805. The normalized spacial score (nSPS) is 11.8. The van der Waals surface area contributed by atoms with Crippen molar-refractivity contribution in [3.63, 3.8) is 0 Å². The molecule has 2 aromatic rings. The number of carbonyl (C=O) groups excluding carboxylic acids is 2. The molecule has 0 spiro atoms. The van der Waals surface area contributed by atoms with E-state index in [1.54, 1.807) is 13.0 Å². The van der Waals surface area contributed by atoms with Crippen LogP contribution >= 0.6 is 0 Å². The van der Waals surface area contributed by atoms with Crippen molar-refractivity contribution in [2.24, 2.45) is 0 Å². The molecule has 135 valence electrons. The molecule has 4 nitrogen and oxygen atoms in total. The number of unbranched alkanes of at least 4 members (excludes halogenated alkanes) is 3. The average Bonchev–Trinajstić information content (AvgIpc) is 2.66. The molecule has 0 unspecified atom stereocenters. The molecule has 2 rings (SSSR count). The smallest absolute Gasteiger partial charge is 0.335 e. The van der Waals surface area contributed by atoms with Crippen LogP contribution in [0.15, 0.2) is 53.2 Å². The Kier molecular flexibility index (Phi) is 7.60. The van der Waals surface area contributed by atoms with E-state index in [4.69, 9.17) is 9.47 Å². The minimum absolute atomic E-state index is 0.0662. The molecule has 2 aromatic carbocycles. The maximum Gasteiger partial charge on any atom is 0.335 e. The fraction of sp³-hybridized carbons (Fsp3) is 0.333. The Labute approximate surface area is 157 Å². The van der Waals surface area contributed by atoms with Gasteiger partial charge in [-0.1, -0.05) is 62.6 Å². The van der Waals surface area contributed by atoms with E-state index in [9.17, 15) is 9.59 Å². The summed E-state index contributed by atoms with van der Waals surface area (Å²) in [5, 5.41) is 1.87. The van der Waals surface area contributed by atoms with Crippen molar-refractivity contribution in [1.82, 2.24) is 0 Å². The standard InChI is InChI=1S/C21H23O4Si/c1-3-4-5-8-14-24-20(22)15(2)19(26)21(23)25-18-13-9-11-16-10-6-7-12-17(16)18/h6-7,9-13H,3-5,8,14H2,1-2H3/b19-15-. The zero-order valence-electron chi connectivity index (χ0n) is 15.2. The van der Waals surface area contributed by atoms with E-state index in [1.807, 2.05) is 36.4 Å². The molecule has 3 radical (unpaired) electrons. The maximum atomic E-state index is 12.4. The fourth-order valence-corrected chi connectivity index (χ4v) is 2.65. The molecule has 5 heteroatoms. The van der Waals surface area contributed by atoms with E-state index in [0.717, 1.165) is 36.5 Å². The number of esters is 2. The van der Waals surface area contributed by atoms with Crippen LogP contribution in [0.1, 0.15) is 39.5 Å². The lowest BCUT2D eigenvalue weighted by Gasteiger charge is -2.10. The zero-order valence-corrected chi connectivity index (χ0v) is 16.2. The summed E-state index contributed by atoms with van der Waals surface area (Å²) in [6.45, 7) is 4.02. The second-order valence-electron chi connectivity index (χ2n) is 6.06. The number of ether oxygens (including phenoxy) is 2. The molecular formula is C21H23O4Si. The van der Waals surface area contributed by atoms with E-state index in [2.05, 4.69) is 17.2 Å². The van der Waals surface area contributed by atoms with Crippen LogP contribution < -0.4 is 4.74 Å². The third-order valence-electron chi connectivity index (χ3n) is 4.07. The predicted octanol–water partition coefficient (Wildman–Crippen LogP) is 4.31. The van der Waals surface area contributed by atoms with Crippen LogP contribution in [-0.4, -0.2) is 28.8 Å². The average molecular weight is 367 g/mol. The van der Waals surface area contributed by atoms with Crippen LogP contribution in [0.4, 0.5) is 0 Å². The van der Waals surface area contributed by atoms with Gasteiger partial charge in [0.2, 0.25) is 0 Å². The molecule has 0 atom stereocenters. The summed E-state index contributed by atoms with van der Waals surface area (Å²) in [6.07, 6.45) is 4.09. The van der Waals surface area contributed by atoms with Gasteiger partial charge in [-0.05, 0) is 24.8 Å². The second-order valence-corrected chi connectivity index (χ2v) is 6.56. The first-order chi connectivity index (χ1) is 12.5. The maximum absolute atomic E-state index is 12.4. The summed E-state index contributed by atoms with van der Waals surface area (Å²) in [6, 6.07) is 13.1. The summed E-state index contributed by atoms with van der Waals surface area (Å²) in [7, 11) is 3.23. The topological polar surface area (TPSA) is 52.6 Å². The molecule has 0 aliphatic carbocycles. The van der Waals surface area contributed by atoms with Crippen LogP contribution in [0.2, 0.25) is 0 Å². The van der Waals surface area contributed by atoms with Crippen molar-refractivity contribution in [2.45, 2.75) is 39.5 Å². The molecule has 0 aliphatic rings. The molecule has 0 N–H and O–H groups in total. The lowest BCUT2D eigenvalue weighted by molar-refractivity contribution is -0.139. The lowest BCUT2D eigenvalue weighted by Crippen LogP contribution is -2.18. The van der Waals surface area contributed by atoms with Gasteiger partial charge in [0.1, 0.15) is 5.75 Å². The highest BCUT2D eigenvalue weighted by atomic mass is 28.1. The van der Waals surface area contributed by atoms with Crippen LogP contribution in [-0.2, 0) is 14.3 Å². The molecule has 0 bridgehead atoms. The number of carbonyl (C=O) groups is 2. The Morgan fingerprint density at radius 1 is 0.962 bits per heavy atom. The van der Waals surface area contributed by atoms with Gasteiger partial charge in [-0.3, -0.25) is 0 Å². The third kappa shape index (κ3) is 5.30. The number of rotatable bonds is 8. The van der Waals surface area contributed by atoms with Crippen LogP contribution in [0.5, 0.6) is 5.75 Å². The highest BCUT2D eigenvalue weighted by Crippen LogP contribution is 2.25. The highest BCUT2D eigenvalue weighted by Gasteiger charge is 2.17. The van der Waals surface area contributed by atoms with E-state index in [0.29, 0.717) is 12.4 Å². The van der Waals surface area contributed by atoms with Crippen molar-refractivity contribution in [3.8, 4) is 5.75 Å². The molecule has 0 heterocycles. The van der Waals surface area contributed by atoms with Gasteiger partial charge in [-0.15, -0.1) is 0 Å². The summed E-state index contributed by atoms with van der Waals surface area (Å²) in [4.78, 5) is 24.4. The fourth-order valence-electron chi connectivity index (χ4n) is 2.49. The predicted molar refractivity (Wildman–Crippen MR) is 103 cm³/mol. The van der Waals surface area contributed by atoms with Gasteiger partial charge in [0, 0.05) is 16.2 Å². The van der Waals surface area contributed by atoms with E-state index < -0.39 is 11.9 Å². The van der Waals surface area contributed by atoms with Crippen molar-refractivity contribution < 1.29 is 19.1 Å². The number of fused-ring (bicyclic) bond motifs is 1. The zero-order chi connectivity index (χ0) is 18.9. The van der Waals surface area contributed by atoms with Gasteiger partial charge in [-0.25, -0.2) is 9.59 Å². The summed E-state index contributed by atoms with van der Waals surface area (Å²) >= 11 is 0. The molecule has 0 saturated carbocycles. The third-order valence-corrected chi connectivity index (χ3v) is 4.65. The number of benzene rings is 2. The monoisotopic (exact) mass is 367 g/mol. The molecule has 26 heavy (non-hydrogen) atoms. The lowest BCUT2D eigenvalue weighted by atomic mass is 10.1. The van der Waals surface area contributed by atoms with Crippen molar-refractivity contribution in [2.75, 3.05) is 6.61 Å². The SMILES string of the molecule is CCCCCCOC(=O)/C(C)=C(\[Si])C(=O)Oc1cccc2ccccc12. The van der Waals surface area contributed by atoms with E-state index >= 15 is 0 Å². The van der Waals surface area contributed by atoms with Crippen molar-refractivity contribution >= 4 is 33.0 Å². The van der Waals surface area contributed by atoms with E-state index in [-0.39, 0.29) is 10.8 Å². The minimum atomic E-state index is -0.626. The van der Waals surface area contributed by atoms with Crippen LogP contribution in [0.25, 0.3) is 10.8 Å². The summed E-state index contributed by atoms with van der Waals surface area (Å²) in [5.74, 6) is -0.690. The van der Waals surface area contributed by atoms with Crippen molar-refractivity contribution in [1.29, 1.82) is 0 Å².